The number of rotatable bonds is 3. The van der Waals surface area contributed by atoms with Crippen LogP contribution in [0.5, 0.6) is 0 Å². The maximum absolute atomic E-state index is 8.52. The van der Waals surface area contributed by atoms with Crippen LogP contribution >= 0.6 is 0 Å². The van der Waals surface area contributed by atoms with Crippen LogP contribution in [0.25, 0.3) is 0 Å². The third-order valence-corrected chi connectivity index (χ3v) is 1.64. The summed E-state index contributed by atoms with van der Waals surface area (Å²) in [6, 6.07) is 5.20. The van der Waals surface area contributed by atoms with Crippen molar-refractivity contribution in [1.29, 1.82) is 5.26 Å². The largest absolute Gasteiger partial charge is 0.383 e. The average molecular weight is 177 g/mol. The Kier molecular flexibility index (Phi) is 3.38. The third kappa shape index (κ3) is 2.51. The Hall–Kier alpha value is -1.44. The minimum atomic E-state index is -0.224. The fraction of sp³-hybridized carbons (Fsp3) is 0.333. The van der Waals surface area contributed by atoms with Gasteiger partial charge in [-0.3, -0.25) is 4.98 Å². The van der Waals surface area contributed by atoms with E-state index in [4.69, 9.17) is 15.7 Å². The zero-order valence-corrected chi connectivity index (χ0v) is 7.40. The number of hydrogen-bond acceptors (Lipinski definition) is 4. The number of methoxy groups -OCH3 is 1. The zero-order chi connectivity index (χ0) is 9.68. The number of aromatic nitrogens is 1. The van der Waals surface area contributed by atoms with Gasteiger partial charge < -0.3 is 10.5 Å². The molecule has 0 amide bonds. The van der Waals surface area contributed by atoms with Crippen LogP contribution in [0.1, 0.15) is 17.3 Å². The van der Waals surface area contributed by atoms with E-state index in [1.165, 1.54) is 6.20 Å². The van der Waals surface area contributed by atoms with E-state index in [1.54, 1.807) is 19.2 Å². The fourth-order valence-electron chi connectivity index (χ4n) is 0.956. The summed E-state index contributed by atoms with van der Waals surface area (Å²) in [5.74, 6) is 0. The molecule has 0 saturated heterocycles. The summed E-state index contributed by atoms with van der Waals surface area (Å²) >= 11 is 0. The van der Waals surface area contributed by atoms with Gasteiger partial charge in [0.05, 0.1) is 23.9 Å². The first-order chi connectivity index (χ1) is 6.27. The molecule has 13 heavy (non-hydrogen) atoms. The third-order valence-electron chi connectivity index (χ3n) is 1.64. The van der Waals surface area contributed by atoms with E-state index in [1.807, 2.05) is 6.07 Å². The summed E-state index contributed by atoms with van der Waals surface area (Å²) in [7, 11) is 1.59. The molecule has 0 unspecified atom stereocenters. The molecule has 0 bridgehead atoms. The molecule has 4 heteroatoms. The van der Waals surface area contributed by atoms with Gasteiger partial charge in [-0.05, 0) is 12.1 Å². The van der Waals surface area contributed by atoms with Gasteiger partial charge >= 0.3 is 0 Å². The SMILES string of the molecule is COC[C@H](N)c1ccc(C#N)cn1. The lowest BCUT2D eigenvalue weighted by Crippen LogP contribution is -2.17. The van der Waals surface area contributed by atoms with E-state index >= 15 is 0 Å². The summed E-state index contributed by atoms with van der Waals surface area (Å²) in [4.78, 5) is 4.04. The van der Waals surface area contributed by atoms with Gasteiger partial charge in [-0.15, -0.1) is 0 Å². The van der Waals surface area contributed by atoms with Crippen LogP contribution in [0.3, 0.4) is 0 Å². The molecule has 4 nitrogen and oxygen atoms in total. The van der Waals surface area contributed by atoms with Crippen LogP contribution in [0.2, 0.25) is 0 Å². The van der Waals surface area contributed by atoms with Gasteiger partial charge in [-0.1, -0.05) is 0 Å². The van der Waals surface area contributed by atoms with Gasteiger partial charge in [0.25, 0.3) is 0 Å². The minimum Gasteiger partial charge on any atom is -0.383 e. The van der Waals surface area contributed by atoms with Crippen LogP contribution in [-0.4, -0.2) is 18.7 Å². The first-order valence-electron chi connectivity index (χ1n) is 3.88. The molecule has 0 aromatic carbocycles. The maximum Gasteiger partial charge on any atom is 0.101 e. The summed E-state index contributed by atoms with van der Waals surface area (Å²) in [6.45, 7) is 0.429. The number of hydrogen-bond donors (Lipinski definition) is 1. The second kappa shape index (κ2) is 4.55. The van der Waals surface area contributed by atoms with Crippen LogP contribution < -0.4 is 5.73 Å². The number of ether oxygens (including phenoxy) is 1. The van der Waals surface area contributed by atoms with Crippen molar-refractivity contribution in [2.75, 3.05) is 13.7 Å². The standard InChI is InChI=1S/C9H11N3O/c1-13-6-8(11)9-3-2-7(4-10)5-12-9/h2-3,5,8H,6,11H2,1H3/t8-/m0/s1. The van der Waals surface area contributed by atoms with Gasteiger partial charge in [0.1, 0.15) is 6.07 Å². The second-order valence-electron chi connectivity index (χ2n) is 2.65. The van der Waals surface area contributed by atoms with E-state index in [-0.39, 0.29) is 6.04 Å². The predicted octanol–water partition coefficient (Wildman–Crippen LogP) is 0.599. The van der Waals surface area contributed by atoms with Crippen LogP contribution in [0, 0.1) is 11.3 Å². The molecule has 0 saturated carbocycles. The molecule has 0 spiro atoms. The molecule has 2 N–H and O–H groups in total. The highest BCUT2D eigenvalue weighted by Gasteiger charge is 2.05. The summed E-state index contributed by atoms with van der Waals surface area (Å²) < 4.78 is 4.88. The molecular weight excluding hydrogens is 166 g/mol. The topological polar surface area (TPSA) is 71.9 Å². The first-order valence-corrected chi connectivity index (χ1v) is 3.88. The highest BCUT2D eigenvalue weighted by Crippen LogP contribution is 2.07. The molecule has 68 valence electrons. The highest BCUT2D eigenvalue weighted by molar-refractivity contribution is 5.27. The van der Waals surface area contributed by atoms with E-state index in [0.29, 0.717) is 12.2 Å². The van der Waals surface area contributed by atoms with Crippen molar-refractivity contribution in [3.63, 3.8) is 0 Å². The van der Waals surface area contributed by atoms with E-state index in [0.717, 1.165) is 5.69 Å². The fourth-order valence-corrected chi connectivity index (χ4v) is 0.956. The smallest absolute Gasteiger partial charge is 0.101 e. The molecule has 1 atom stereocenters. The Labute approximate surface area is 77.0 Å². The van der Waals surface area contributed by atoms with Crippen LogP contribution in [0.4, 0.5) is 0 Å². The lowest BCUT2D eigenvalue weighted by atomic mass is 10.2. The summed E-state index contributed by atoms with van der Waals surface area (Å²) in [5.41, 5.74) is 7.00. The molecule has 1 aromatic rings. The van der Waals surface area contributed by atoms with Crippen molar-refractivity contribution >= 4 is 0 Å². The van der Waals surface area contributed by atoms with E-state index in [2.05, 4.69) is 4.98 Å². The van der Waals surface area contributed by atoms with E-state index in [9.17, 15) is 0 Å². The summed E-state index contributed by atoms with van der Waals surface area (Å²) in [6.07, 6.45) is 1.50. The van der Waals surface area contributed by atoms with Gasteiger partial charge in [-0.25, -0.2) is 0 Å². The Balaban J connectivity index is 2.75. The van der Waals surface area contributed by atoms with Crippen molar-refractivity contribution in [2.45, 2.75) is 6.04 Å². The monoisotopic (exact) mass is 177 g/mol. The molecule has 1 heterocycles. The van der Waals surface area contributed by atoms with Crippen molar-refractivity contribution in [3.8, 4) is 6.07 Å². The van der Waals surface area contributed by atoms with Crippen molar-refractivity contribution in [2.24, 2.45) is 5.73 Å². The minimum absolute atomic E-state index is 0.224. The highest BCUT2D eigenvalue weighted by atomic mass is 16.5. The van der Waals surface area contributed by atoms with Crippen molar-refractivity contribution in [3.05, 3.63) is 29.6 Å². The Morgan fingerprint density at radius 3 is 2.92 bits per heavy atom. The van der Waals surface area contributed by atoms with Crippen molar-refractivity contribution in [1.82, 2.24) is 4.98 Å². The van der Waals surface area contributed by atoms with Gasteiger partial charge in [0.15, 0.2) is 0 Å². The molecule has 1 aromatic heterocycles. The molecule has 0 fully saturated rings. The molecular formula is C9H11N3O. The predicted molar refractivity (Wildman–Crippen MR) is 47.8 cm³/mol. The molecule has 0 aliphatic carbocycles. The molecule has 1 rings (SSSR count). The lowest BCUT2D eigenvalue weighted by Gasteiger charge is -2.08. The molecule has 0 radical (unpaired) electrons. The quantitative estimate of drug-likeness (QED) is 0.733. The van der Waals surface area contributed by atoms with Crippen molar-refractivity contribution < 1.29 is 4.74 Å². The van der Waals surface area contributed by atoms with Gasteiger partial charge in [0, 0.05) is 13.3 Å². The normalized spacial score (nSPS) is 12.1. The van der Waals surface area contributed by atoms with Crippen LogP contribution in [0.15, 0.2) is 18.3 Å². The van der Waals surface area contributed by atoms with E-state index < -0.39 is 0 Å². The molecule has 0 aliphatic heterocycles. The first kappa shape index (κ1) is 9.65. The second-order valence-corrected chi connectivity index (χ2v) is 2.65. The van der Waals surface area contributed by atoms with Crippen LogP contribution in [-0.2, 0) is 4.74 Å². The maximum atomic E-state index is 8.52. The average Bonchev–Trinajstić information content (AvgIpc) is 2.18. The Morgan fingerprint density at radius 2 is 2.46 bits per heavy atom. The summed E-state index contributed by atoms with van der Waals surface area (Å²) in [5, 5.41) is 8.52. The van der Waals surface area contributed by atoms with Gasteiger partial charge in [0.2, 0.25) is 0 Å². The number of nitrogens with zero attached hydrogens (tertiary/aromatic N) is 2. The number of nitrogens with two attached hydrogens (primary N) is 1. The Morgan fingerprint density at radius 1 is 1.69 bits per heavy atom. The van der Waals surface area contributed by atoms with Gasteiger partial charge in [-0.2, -0.15) is 5.26 Å². The zero-order valence-electron chi connectivity index (χ0n) is 7.40. The number of nitriles is 1. The lowest BCUT2D eigenvalue weighted by molar-refractivity contribution is 0.179. The molecule has 0 aliphatic rings. The Bertz CT molecular complexity index is 302. The number of pyridine rings is 1.